The molecule has 1 aromatic heterocycles. The third-order valence-corrected chi connectivity index (χ3v) is 2.80. The van der Waals surface area contributed by atoms with E-state index in [1.54, 1.807) is 7.05 Å². The molecule has 0 amide bonds. The van der Waals surface area contributed by atoms with Crippen LogP contribution in [0.2, 0.25) is 0 Å². The number of rotatable bonds is 4. The van der Waals surface area contributed by atoms with Crippen molar-refractivity contribution in [3.63, 3.8) is 0 Å². The Bertz CT molecular complexity index is 434. The molecule has 1 aromatic rings. The van der Waals surface area contributed by atoms with Crippen LogP contribution in [0.5, 0.6) is 0 Å². The second-order valence-electron chi connectivity index (χ2n) is 3.96. The van der Waals surface area contributed by atoms with Gasteiger partial charge in [0, 0.05) is 26.3 Å². The van der Waals surface area contributed by atoms with Crippen molar-refractivity contribution in [2.24, 2.45) is 0 Å². The molecule has 0 spiro atoms. The van der Waals surface area contributed by atoms with Crippen molar-refractivity contribution in [1.82, 2.24) is 9.97 Å². The number of anilines is 2. The molecular weight excluding hydrogens is 238 g/mol. The fraction of sp³-hybridized carbons (Fsp3) is 0.600. The van der Waals surface area contributed by atoms with Crippen molar-refractivity contribution < 1.29 is 9.66 Å². The minimum Gasteiger partial charge on any atom is -0.381 e. The minimum absolute atomic E-state index is 0.119. The summed E-state index contributed by atoms with van der Waals surface area (Å²) in [6.45, 7) is 1.32. The average Bonchev–Trinajstić information content (AvgIpc) is 2.39. The molecule has 0 aliphatic carbocycles. The highest BCUT2D eigenvalue weighted by Crippen LogP contribution is 2.29. The lowest BCUT2D eigenvalue weighted by molar-refractivity contribution is -0.383. The van der Waals surface area contributed by atoms with Crippen molar-refractivity contribution in [3.05, 3.63) is 16.4 Å². The number of aromatic nitrogens is 2. The quantitative estimate of drug-likeness (QED) is 0.610. The van der Waals surface area contributed by atoms with E-state index < -0.39 is 4.92 Å². The highest BCUT2D eigenvalue weighted by Gasteiger charge is 2.24. The number of nitro groups is 1. The molecule has 1 fully saturated rings. The maximum atomic E-state index is 11.1. The van der Waals surface area contributed by atoms with Crippen LogP contribution in [-0.2, 0) is 4.74 Å². The van der Waals surface area contributed by atoms with Gasteiger partial charge in [0.15, 0.2) is 0 Å². The van der Waals surface area contributed by atoms with Gasteiger partial charge in [0.1, 0.15) is 6.33 Å². The van der Waals surface area contributed by atoms with Gasteiger partial charge in [0.05, 0.1) is 4.92 Å². The average molecular weight is 253 g/mol. The van der Waals surface area contributed by atoms with Crippen molar-refractivity contribution in [1.29, 1.82) is 0 Å². The molecule has 1 saturated heterocycles. The summed E-state index contributed by atoms with van der Waals surface area (Å²) < 4.78 is 5.24. The molecule has 1 aliphatic rings. The van der Waals surface area contributed by atoms with Gasteiger partial charge in [-0.1, -0.05) is 0 Å². The Labute approximate surface area is 104 Å². The molecule has 0 aromatic carbocycles. The maximum Gasteiger partial charge on any atom is 0.353 e. The Morgan fingerprint density at radius 1 is 1.39 bits per heavy atom. The van der Waals surface area contributed by atoms with Crippen LogP contribution in [0, 0.1) is 10.1 Å². The lowest BCUT2D eigenvalue weighted by Gasteiger charge is -2.23. The van der Waals surface area contributed by atoms with Gasteiger partial charge in [-0.3, -0.25) is 10.1 Å². The molecule has 1 aliphatic heterocycles. The summed E-state index contributed by atoms with van der Waals surface area (Å²) in [6, 6.07) is 0.150. The minimum atomic E-state index is -0.479. The summed E-state index contributed by atoms with van der Waals surface area (Å²) in [7, 11) is 1.59. The monoisotopic (exact) mass is 253 g/mol. The van der Waals surface area contributed by atoms with Gasteiger partial charge >= 0.3 is 5.69 Å². The van der Waals surface area contributed by atoms with Crippen molar-refractivity contribution in [2.75, 3.05) is 30.9 Å². The fourth-order valence-electron chi connectivity index (χ4n) is 1.88. The smallest absolute Gasteiger partial charge is 0.353 e. The summed E-state index contributed by atoms with van der Waals surface area (Å²) in [6.07, 6.45) is 2.94. The number of hydrogen-bond donors (Lipinski definition) is 2. The molecule has 18 heavy (non-hydrogen) atoms. The molecule has 0 saturated carbocycles. The van der Waals surface area contributed by atoms with E-state index in [2.05, 4.69) is 20.6 Å². The predicted octanol–water partition coefficient (Wildman–Crippen LogP) is 1.02. The first kappa shape index (κ1) is 12.5. The Morgan fingerprint density at radius 3 is 2.67 bits per heavy atom. The zero-order valence-electron chi connectivity index (χ0n) is 10.0. The Hall–Kier alpha value is -1.96. The van der Waals surface area contributed by atoms with Gasteiger partial charge in [-0.2, -0.15) is 0 Å². The number of ether oxygens (including phenoxy) is 1. The van der Waals surface area contributed by atoms with Gasteiger partial charge in [-0.05, 0) is 12.8 Å². The van der Waals surface area contributed by atoms with E-state index in [1.807, 2.05) is 0 Å². The second kappa shape index (κ2) is 5.58. The summed E-state index contributed by atoms with van der Waals surface area (Å²) in [5.41, 5.74) is -0.119. The number of nitrogens with zero attached hydrogens (tertiary/aromatic N) is 3. The van der Waals surface area contributed by atoms with E-state index >= 15 is 0 Å². The van der Waals surface area contributed by atoms with Gasteiger partial charge in [-0.25, -0.2) is 9.97 Å². The van der Waals surface area contributed by atoms with Crippen LogP contribution in [-0.4, -0.2) is 41.2 Å². The van der Waals surface area contributed by atoms with Crippen molar-refractivity contribution in [3.8, 4) is 0 Å². The van der Waals surface area contributed by atoms with Crippen molar-refractivity contribution >= 4 is 17.3 Å². The molecule has 2 rings (SSSR count). The zero-order valence-corrected chi connectivity index (χ0v) is 10.0. The van der Waals surface area contributed by atoms with Crippen LogP contribution in [0.25, 0.3) is 0 Å². The fourth-order valence-corrected chi connectivity index (χ4v) is 1.88. The second-order valence-corrected chi connectivity index (χ2v) is 3.96. The Balaban J connectivity index is 2.23. The van der Waals surface area contributed by atoms with E-state index in [0.29, 0.717) is 13.2 Å². The lowest BCUT2D eigenvalue weighted by atomic mass is 10.1. The van der Waals surface area contributed by atoms with Crippen LogP contribution in [0.1, 0.15) is 12.8 Å². The first-order valence-corrected chi connectivity index (χ1v) is 5.73. The van der Waals surface area contributed by atoms with Crippen LogP contribution >= 0.6 is 0 Å². The summed E-state index contributed by atoms with van der Waals surface area (Å²) in [4.78, 5) is 18.4. The van der Waals surface area contributed by atoms with Crippen LogP contribution in [0.4, 0.5) is 17.3 Å². The lowest BCUT2D eigenvalue weighted by Crippen LogP contribution is -2.28. The molecular formula is C10H15N5O3. The third-order valence-electron chi connectivity index (χ3n) is 2.80. The number of hydrogen-bond acceptors (Lipinski definition) is 7. The van der Waals surface area contributed by atoms with E-state index in [0.717, 1.165) is 12.8 Å². The highest BCUT2D eigenvalue weighted by atomic mass is 16.6. The number of nitrogens with one attached hydrogen (secondary N) is 2. The van der Waals surface area contributed by atoms with E-state index in [-0.39, 0.29) is 23.4 Å². The molecule has 0 bridgehead atoms. The van der Waals surface area contributed by atoms with E-state index in [4.69, 9.17) is 4.74 Å². The van der Waals surface area contributed by atoms with Crippen molar-refractivity contribution in [2.45, 2.75) is 18.9 Å². The predicted molar refractivity (Wildman–Crippen MR) is 65.7 cm³/mol. The Morgan fingerprint density at radius 2 is 2.06 bits per heavy atom. The first-order chi connectivity index (χ1) is 8.72. The molecule has 0 radical (unpaired) electrons. The molecule has 0 unspecified atom stereocenters. The molecule has 0 atom stereocenters. The van der Waals surface area contributed by atoms with Gasteiger partial charge in [0.2, 0.25) is 11.6 Å². The van der Waals surface area contributed by atoms with Gasteiger partial charge in [-0.15, -0.1) is 0 Å². The first-order valence-electron chi connectivity index (χ1n) is 5.73. The van der Waals surface area contributed by atoms with Gasteiger partial charge in [0.25, 0.3) is 0 Å². The Kier molecular flexibility index (Phi) is 3.88. The zero-order chi connectivity index (χ0) is 13.0. The summed E-state index contributed by atoms with van der Waals surface area (Å²) >= 11 is 0. The summed E-state index contributed by atoms with van der Waals surface area (Å²) in [5.74, 6) is 0.468. The molecule has 8 heteroatoms. The standard InChI is InChI=1S/C10H15N5O3/c1-11-9-8(15(16)17)10(13-6-12-9)14-7-2-4-18-5-3-7/h6-7H,2-5H2,1H3,(H2,11,12,13,14). The summed E-state index contributed by atoms with van der Waals surface area (Å²) in [5, 5.41) is 16.9. The highest BCUT2D eigenvalue weighted by molar-refractivity contribution is 5.69. The SMILES string of the molecule is CNc1ncnc(NC2CCOCC2)c1[N+](=O)[O-]. The van der Waals surface area contributed by atoms with Crippen LogP contribution < -0.4 is 10.6 Å². The van der Waals surface area contributed by atoms with Crippen LogP contribution in [0.3, 0.4) is 0 Å². The molecule has 8 nitrogen and oxygen atoms in total. The molecule has 98 valence electrons. The topological polar surface area (TPSA) is 102 Å². The van der Waals surface area contributed by atoms with Crippen LogP contribution in [0.15, 0.2) is 6.33 Å². The molecule has 2 N–H and O–H groups in total. The third kappa shape index (κ3) is 2.65. The normalized spacial score (nSPS) is 16.3. The largest absolute Gasteiger partial charge is 0.381 e. The van der Waals surface area contributed by atoms with E-state index in [9.17, 15) is 10.1 Å². The maximum absolute atomic E-state index is 11.1. The molecule has 2 heterocycles. The van der Waals surface area contributed by atoms with Gasteiger partial charge < -0.3 is 15.4 Å². The van der Waals surface area contributed by atoms with E-state index in [1.165, 1.54) is 6.33 Å².